The van der Waals surface area contributed by atoms with E-state index in [1.165, 1.54) is 21.9 Å². The van der Waals surface area contributed by atoms with E-state index in [2.05, 4.69) is 64.5 Å². The molecule has 0 saturated heterocycles. The Kier molecular flexibility index (Phi) is 4.02. The molecule has 0 radical (unpaired) electrons. The number of fused-ring (bicyclic) bond motifs is 1. The normalized spacial score (nSPS) is 16.9. The summed E-state index contributed by atoms with van der Waals surface area (Å²) in [6, 6.07) is 23.2. The third-order valence-electron chi connectivity index (χ3n) is 4.75. The van der Waals surface area contributed by atoms with Gasteiger partial charge >= 0.3 is 0 Å². The van der Waals surface area contributed by atoms with Crippen molar-refractivity contribution in [2.75, 3.05) is 13.7 Å². The van der Waals surface area contributed by atoms with Gasteiger partial charge in [-0.25, -0.2) is 0 Å². The van der Waals surface area contributed by atoms with Crippen molar-refractivity contribution in [2.24, 2.45) is 10.7 Å². The monoisotopic (exact) mass is 331 g/mol. The van der Waals surface area contributed by atoms with Crippen LogP contribution in [-0.2, 0) is 6.54 Å². The molecule has 1 heterocycles. The summed E-state index contributed by atoms with van der Waals surface area (Å²) in [6.07, 6.45) is 0. The molecule has 1 atom stereocenters. The van der Waals surface area contributed by atoms with Crippen LogP contribution in [0.4, 0.5) is 0 Å². The van der Waals surface area contributed by atoms with Crippen molar-refractivity contribution in [1.82, 2.24) is 4.90 Å². The molecular formula is C21H21N3O. The SMILES string of the molecule is COc1ccc2cc(C3CN=C(N)N3Cc3ccccc3)ccc2c1. The highest BCUT2D eigenvalue weighted by Gasteiger charge is 2.27. The smallest absolute Gasteiger partial charge is 0.192 e. The summed E-state index contributed by atoms with van der Waals surface area (Å²) in [5, 5.41) is 2.37. The van der Waals surface area contributed by atoms with Crippen molar-refractivity contribution < 1.29 is 4.74 Å². The summed E-state index contributed by atoms with van der Waals surface area (Å²) in [5.41, 5.74) is 8.63. The predicted octanol–water partition coefficient (Wildman–Crippen LogP) is 3.72. The van der Waals surface area contributed by atoms with Crippen molar-refractivity contribution in [3.63, 3.8) is 0 Å². The summed E-state index contributed by atoms with van der Waals surface area (Å²) in [5.74, 6) is 1.49. The number of methoxy groups -OCH3 is 1. The minimum absolute atomic E-state index is 0.173. The van der Waals surface area contributed by atoms with Gasteiger partial charge in [-0.15, -0.1) is 0 Å². The van der Waals surface area contributed by atoms with Gasteiger partial charge in [-0.05, 0) is 40.1 Å². The van der Waals surface area contributed by atoms with Gasteiger partial charge < -0.3 is 15.4 Å². The Labute approximate surface area is 147 Å². The van der Waals surface area contributed by atoms with Gasteiger partial charge in [-0.3, -0.25) is 4.99 Å². The van der Waals surface area contributed by atoms with Crippen LogP contribution in [0.2, 0.25) is 0 Å². The number of hydrogen-bond acceptors (Lipinski definition) is 4. The first-order valence-electron chi connectivity index (χ1n) is 8.43. The Hall–Kier alpha value is -3.01. The molecule has 0 aliphatic carbocycles. The van der Waals surface area contributed by atoms with E-state index in [0.29, 0.717) is 12.5 Å². The van der Waals surface area contributed by atoms with E-state index < -0.39 is 0 Å². The van der Waals surface area contributed by atoms with E-state index in [9.17, 15) is 0 Å². The molecule has 4 heteroatoms. The van der Waals surface area contributed by atoms with E-state index >= 15 is 0 Å². The Bertz CT molecular complexity index is 921. The zero-order valence-corrected chi connectivity index (χ0v) is 14.2. The molecule has 0 fully saturated rings. The van der Waals surface area contributed by atoms with E-state index in [1.54, 1.807) is 7.11 Å². The number of ether oxygens (including phenoxy) is 1. The molecule has 4 rings (SSSR count). The third-order valence-corrected chi connectivity index (χ3v) is 4.75. The van der Waals surface area contributed by atoms with Crippen molar-refractivity contribution in [2.45, 2.75) is 12.6 Å². The lowest BCUT2D eigenvalue weighted by Crippen LogP contribution is -2.35. The third kappa shape index (κ3) is 3.03. The van der Waals surface area contributed by atoms with Crippen molar-refractivity contribution in [3.05, 3.63) is 77.9 Å². The summed E-state index contributed by atoms with van der Waals surface area (Å²) in [6.45, 7) is 1.46. The maximum atomic E-state index is 6.16. The fourth-order valence-electron chi connectivity index (χ4n) is 3.36. The van der Waals surface area contributed by atoms with Crippen molar-refractivity contribution >= 4 is 16.7 Å². The van der Waals surface area contributed by atoms with Crippen LogP contribution in [0.25, 0.3) is 10.8 Å². The van der Waals surface area contributed by atoms with Crippen LogP contribution in [0, 0.1) is 0 Å². The maximum absolute atomic E-state index is 6.16. The second-order valence-electron chi connectivity index (χ2n) is 6.30. The molecule has 1 aliphatic rings. The highest BCUT2D eigenvalue weighted by molar-refractivity contribution is 5.85. The van der Waals surface area contributed by atoms with Gasteiger partial charge in [0.05, 0.1) is 19.7 Å². The molecule has 0 saturated carbocycles. The van der Waals surface area contributed by atoms with Gasteiger partial charge in [0.15, 0.2) is 5.96 Å². The summed E-state index contributed by atoms with van der Waals surface area (Å²) in [4.78, 5) is 6.66. The molecule has 0 aromatic heterocycles. The molecule has 25 heavy (non-hydrogen) atoms. The first-order valence-corrected chi connectivity index (χ1v) is 8.43. The number of benzene rings is 3. The largest absolute Gasteiger partial charge is 0.497 e. The van der Waals surface area contributed by atoms with Gasteiger partial charge in [-0.2, -0.15) is 0 Å². The lowest BCUT2D eigenvalue weighted by Gasteiger charge is -2.27. The van der Waals surface area contributed by atoms with E-state index in [4.69, 9.17) is 10.5 Å². The average molecular weight is 331 g/mol. The van der Waals surface area contributed by atoms with Crippen LogP contribution in [0.1, 0.15) is 17.2 Å². The molecule has 1 aliphatic heterocycles. The van der Waals surface area contributed by atoms with E-state index in [1.807, 2.05) is 12.1 Å². The Morgan fingerprint density at radius 2 is 1.80 bits per heavy atom. The van der Waals surface area contributed by atoms with Crippen LogP contribution in [0.5, 0.6) is 5.75 Å². The summed E-state index contributed by atoms with van der Waals surface area (Å²) < 4.78 is 5.31. The lowest BCUT2D eigenvalue weighted by molar-refractivity contribution is 0.340. The second kappa shape index (κ2) is 6.48. The first-order chi connectivity index (χ1) is 12.2. The highest BCUT2D eigenvalue weighted by atomic mass is 16.5. The number of guanidine groups is 1. The number of nitrogens with two attached hydrogens (primary N) is 1. The lowest BCUT2D eigenvalue weighted by atomic mass is 10.0. The topological polar surface area (TPSA) is 50.9 Å². The quantitative estimate of drug-likeness (QED) is 0.793. The molecule has 3 aromatic rings. The van der Waals surface area contributed by atoms with Crippen LogP contribution in [0.15, 0.2) is 71.7 Å². The fourth-order valence-corrected chi connectivity index (χ4v) is 3.36. The van der Waals surface area contributed by atoms with E-state index in [-0.39, 0.29) is 6.04 Å². The van der Waals surface area contributed by atoms with Crippen molar-refractivity contribution in [1.29, 1.82) is 0 Å². The maximum Gasteiger partial charge on any atom is 0.192 e. The van der Waals surface area contributed by atoms with Gasteiger partial charge in [0.2, 0.25) is 0 Å². The molecule has 1 unspecified atom stereocenters. The fraction of sp³-hybridized carbons (Fsp3) is 0.190. The molecule has 2 N–H and O–H groups in total. The highest BCUT2D eigenvalue weighted by Crippen LogP contribution is 2.30. The number of rotatable bonds is 4. The molecule has 0 amide bonds. The molecule has 4 nitrogen and oxygen atoms in total. The van der Waals surface area contributed by atoms with Crippen LogP contribution in [0.3, 0.4) is 0 Å². The molecule has 126 valence electrons. The van der Waals surface area contributed by atoms with Gasteiger partial charge in [0.25, 0.3) is 0 Å². The summed E-state index contributed by atoms with van der Waals surface area (Å²) >= 11 is 0. The zero-order valence-electron chi connectivity index (χ0n) is 14.2. The summed E-state index contributed by atoms with van der Waals surface area (Å²) in [7, 11) is 1.69. The van der Waals surface area contributed by atoms with E-state index in [0.717, 1.165) is 12.3 Å². The first kappa shape index (κ1) is 15.5. The molecule has 0 spiro atoms. The van der Waals surface area contributed by atoms with Crippen LogP contribution in [-0.4, -0.2) is 24.5 Å². The number of hydrogen-bond donors (Lipinski definition) is 1. The average Bonchev–Trinajstić information content (AvgIpc) is 3.02. The van der Waals surface area contributed by atoms with Gasteiger partial charge in [0, 0.05) is 6.54 Å². The minimum atomic E-state index is 0.173. The number of nitrogens with zero attached hydrogens (tertiary/aromatic N) is 2. The minimum Gasteiger partial charge on any atom is -0.497 e. The van der Waals surface area contributed by atoms with Gasteiger partial charge in [0.1, 0.15) is 5.75 Å². The Morgan fingerprint density at radius 3 is 2.60 bits per heavy atom. The molecule has 0 bridgehead atoms. The van der Waals surface area contributed by atoms with Crippen molar-refractivity contribution in [3.8, 4) is 5.75 Å². The molecule has 3 aromatic carbocycles. The second-order valence-corrected chi connectivity index (χ2v) is 6.30. The predicted molar refractivity (Wildman–Crippen MR) is 102 cm³/mol. The Balaban J connectivity index is 1.64. The number of aliphatic imine (C=N–C) groups is 1. The Morgan fingerprint density at radius 1 is 1.04 bits per heavy atom. The molecular weight excluding hydrogens is 310 g/mol. The van der Waals surface area contributed by atoms with Gasteiger partial charge in [-0.1, -0.05) is 48.5 Å². The zero-order chi connectivity index (χ0) is 17.2. The van der Waals surface area contributed by atoms with Crippen LogP contribution < -0.4 is 10.5 Å². The standard InChI is InChI=1S/C21H21N3O/c1-25-19-10-9-16-11-18(8-7-17(16)12-19)20-13-23-21(22)24(20)14-15-5-3-2-4-6-15/h2-12,20H,13-14H2,1H3,(H2,22,23). The van der Waals surface area contributed by atoms with Crippen LogP contribution >= 0.6 is 0 Å².